The first-order valence-electron chi connectivity index (χ1n) is 7.67. The number of carbonyl (C=O) groups excluding carboxylic acids is 1. The van der Waals surface area contributed by atoms with E-state index in [0.29, 0.717) is 5.41 Å². The first kappa shape index (κ1) is 28.6. The van der Waals surface area contributed by atoms with Gasteiger partial charge in [-0.05, 0) is 44.6 Å². The third kappa shape index (κ3) is 45.1. The summed E-state index contributed by atoms with van der Waals surface area (Å²) in [5.74, 6) is 0.471. The number of thiol groups is 1. The summed E-state index contributed by atoms with van der Waals surface area (Å²) in [6.45, 7) is 20.4. The standard InChI is InChI=1S/C6H15NS.C6H14.C3H5NO.C2H6/c1-6(2,7-3)4-5-8;1-5-6(2,3)4;1-2-3(4)5;1-2/h7-8H,4-5H2,1-3H3;5H2,1-4H3;2H,1H2,(H2,4,5);1-2H3. The third-order valence-corrected chi connectivity index (χ3v) is 2.90. The molecule has 4 heteroatoms. The highest BCUT2D eigenvalue weighted by Gasteiger charge is 2.11. The molecule has 0 rings (SSSR count). The van der Waals surface area contributed by atoms with Gasteiger partial charge in [0.15, 0.2) is 0 Å². The van der Waals surface area contributed by atoms with Crippen LogP contribution >= 0.6 is 12.6 Å². The Balaban J connectivity index is -0.0000000998. The van der Waals surface area contributed by atoms with Gasteiger partial charge >= 0.3 is 0 Å². The van der Waals surface area contributed by atoms with Crippen molar-refractivity contribution in [2.45, 2.75) is 73.8 Å². The molecular formula is C17H40N2OS. The highest BCUT2D eigenvalue weighted by molar-refractivity contribution is 7.80. The van der Waals surface area contributed by atoms with Crippen molar-refractivity contribution < 1.29 is 4.79 Å². The predicted octanol–water partition coefficient (Wildman–Crippen LogP) is 4.43. The van der Waals surface area contributed by atoms with Crippen molar-refractivity contribution in [3.8, 4) is 0 Å². The number of amides is 1. The number of primary amides is 1. The molecule has 0 radical (unpaired) electrons. The zero-order chi connectivity index (χ0) is 18.1. The van der Waals surface area contributed by atoms with Crippen LogP contribution in [0.1, 0.15) is 68.2 Å². The summed E-state index contributed by atoms with van der Waals surface area (Å²) in [5.41, 5.74) is 5.34. The molecular weight excluding hydrogens is 280 g/mol. The Morgan fingerprint density at radius 1 is 1.24 bits per heavy atom. The van der Waals surface area contributed by atoms with Crippen LogP contribution < -0.4 is 11.1 Å². The lowest BCUT2D eigenvalue weighted by atomic mass is 9.94. The third-order valence-electron chi connectivity index (χ3n) is 2.68. The van der Waals surface area contributed by atoms with Gasteiger partial charge in [-0.25, -0.2) is 0 Å². The summed E-state index contributed by atoms with van der Waals surface area (Å²) in [7, 11) is 1.98. The van der Waals surface area contributed by atoms with Crippen molar-refractivity contribution in [2.24, 2.45) is 11.1 Å². The Morgan fingerprint density at radius 3 is 1.57 bits per heavy atom. The molecule has 0 aromatic heterocycles. The van der Waals surface area contributed by atoms with Crippen LogP contribution in [0.5, 0.6) is 0 Å². The Morgan fingerprint density at radius 2 is 1.52 bits per heavy atom. The lowest BCUT2D eigenvalue weighted by molar-refractivity contribution is -0.113. The molecule has 0 atom stereocenters. The monoisotopic (exact) mass is 320 g/mol. The zero-order valence-electron chi connectivity index (χ0n) is 15.8. The molecule has 0 aromatic carbocycles. The normalized spacial score (nSPS) is 9.81. The molecule has 0 spiro atoms. The Bertz CT molecular complexity index is 233. The van der Waals surface area contributed by atoms with Crippen LogP contribution in [0.25, 0.3) is 0 Å². The van der Waals surface area contributed by atoms with Gasteiger partial charge in [0.2, 0.25) is 5.91 Å². The van der Waals surface area contributed by atoms with Gasteiger partial charge in [-0.3, -0.25) is 4.79 Å². The van der Waals surface area contributed by atoms with Crippen molar-refractivity contribution in [3.05, 3.63) is 12.7 Å². The van der Waals surface area contributed by atoms with Gasteiger partial charge in [0, 0.05) is 5.54 Å². The second-order valence-corrected chi connectivity index (χ2v) is 6.58. The summed E-state index contributed by atoms with van der Waals surface area (Å²) in [6.07, 6.45) is 3.44. The molecule has 0 unspecified atom stereocenters. The number of nitrogens with two attached hydrogens (primary N) is 1. The van der Waals surface area contributed by atoms with Crippen LogP contribution in [-0.4, -0.2) is 24.2 Å². The van der Waals surface area contributed by atoms with Crippen molar-refractivity contribution in [2.75, 3.05) is 12.8 Å². The maximum Gasteiger partial charge on any atom is 0.240 e. The quantitative estimate of drug-likeness (QED) is 0.530. The molecule has 0 aliphatic heterocycles. The van der Waals surface area contributed by atoms with E-state index in [1.165, 1.54) is 6.42 Å². The van der Waals surface area contributed by atoms with E-state index in [9.17, 15) is 4.79 Å². The molecule has 0 heterocycles. The van der Waals surface area contributed by atoms with Crippen LogP contribution in [-0.2, 0) is 4.79 Å². The summed E-state index contributed by atoms with van der Waals surface area (Å²) in [5, 5.41) is 3.19. The number of carbonyl (C=O) groups is 1. The van der Waals surface area contributed by atoms with E-state index < -0.39 is 5.91 Å². The van der Waals surface area contributed by atoms with E-state index in [0.717, 1.165) is 18.2 Å². The van der Waals surface area contributed by atoms with E-state index in [1.54, 1.807) is 0 Å². The second kappa shape index (κ2) is 17.6. The number of rotatable bonds is 4. The van der Waals surface area contributed by atoms with Gasteiger partial charge in [-0.1, -0.05) is 54.5 Å². The van der Waals surface area contributed by atoms with Crippen molar-refractivity contribution in [1.29, 1.82) is 0 Å². The summed E-state index contributed by atoms with van der Waals surface area (Å²) in [4.78, 5) is 9.47. The minimum Gasteiger partial charge on any atom is -0.366 e. The van der Waals surface area contributed by atoms with Gasteiger partial charge < -0.3 is 11.1 Å². The molecule has 0 saturated heterocycles. The SMILES string of the molecule is C=CC(N)=O.CC.CCC(C)(C)C.CNC(C)(C)CCS. The van der Waals surface area contributed by atoms with E-state index in [1.807, 2.05) is 20.9 Å². The summed E-state index contributed by atoms with van der Waals surface area (Å²) in [6, 6.07) is 0. The number of hydrogen-bond acceptors (Lipinski definition) is 3. The molecule has 0 saturated carbocycles. The van der Waals surface area contributed by atoms with Crippen molar-refractivity contribution >= 4 is 18.5 Å². The first-order valence-corrected chi connectivity index (χ1v) is 8.30. The molecule has 0 aromatic rings. The van der Waals surface area contributed by atoms with Crippen molar-refractivity contribution in [1.82, 2.24) is 5.32 Å². The van der Waals surface area contributed by atoms with Gasteiger partial charge in [-0.2, -0.15) is 12.6 Å². The van der Waals surface area contributed by atoms with E-state index >= 15 is 0 Å². The number of hydrogen-bond donors (Lipinski definition) is 3. The molecule has 0 fully saturated rings. The Kier molecular flexibility index (Phi) is 24.0. The van der Waals surface area contributed by atoms with Gasteiger partial charge in [0.05, 0.1) is 0 Å². The predicted molar refractivity (Wildman–Crippen MR) is 102 cm³/mol. The van der Waals surface area contributed by atoms with Crippen molar-refractivity contribution in [3.63, 3.8) is 0 Å². The molecule has 3 N–H and O–H groups in total. The van der Waals surface area contributed by atoms with E-state index in [2.05, 4.69) is 71.8 Å². The lowest BCUT2D eigenvalue weighted by Crippen LogP contribution is -2.36. The van der Waals surface area contributed by atoms with E-state index in [-0.39, 0.29) is 5.54 Å². The highest BCUT2D eigenvalue weighted by Crippen LogP contribution is 2.16. The van der Waals surface area contributed by atoms with Crippen LogP contribution in [0, 0.1) is 5.41 Å². The van der Waals surface area contributed by atoms with E-state index in [4.69, 9.17) is 0 Å². The molecule has 21 heavy (non-hydrogen) atoms. The number of nitrogens with one attached hydrogen (secondary N) is 1. The topological polar surface area (TPSA) is 55.1 Å². The largest absolute Gasteiger partial charge is 0.366 e. The van der Waals surface area contributed by atoms with Gasteiger partial charge in [0.25, 0.3) is 0 Å². The average Bonchev–Trinajstić information content (AvgIpc) is 2.41. The summed E-state index contributed by atoms with van der Waals surface area (Å²) >= 11 is 4.13. The minimum absolute atomic E-state index is 0.266. The minimum atomic E-state index is -0.481. The Labute approximate surface area is 139 Å². The molecule has 0 aliphatic rings. The van der Waals surface area contributed by atoms with Gasteiger partial charge in [0.1, 0.15) is 0 Å². The second-order valence-electron chi connectivity index (χ2n) is 6.13. The fourth-order valence-electron chi connectivity index (χ4n) is 0.405. The molecule has 1 amide bonds. The van der Waals surface area contributed by atoms with Crippen LogP contribution in [0.3, 0.4) is 0 Å². The summed E-state index contributed by atoms with van der Waals surface area (Å²) < 4.78 is 0. The molecule has 0 bridgehead atoms. The lowest BCUT2D eigenvalue weighted by Gasteiger charge is -2.22. The molecule has 130 valence electrons. The maximum atomic E-state index is 9.47. The average molecular weight is 321 g/mol. The highest BCUT2D eigenvalue weighted by atomic mass is 32.1. The fourth-order valence-corrected chi connectivity index (χ4v) is 0.964. The first-order chi connectivity index (χ1) is 9.45. The van der Waals surface area contributed by atoms with Crippen LogP contribution in [0.4, 0.5) is 0 Å². The Hall–Kier alpha value is -0.480. The zero-order valence-corrected chi connectivity index (χ0v) is 16.7. The molecule has 3 nitrogen and oxygen atoms in total. The molecule has 0 aliphatic carbocycles. The fraction of sp³-hybridized carbons (Fsp3) is 0.824. The van der Waals surface area contributed by atoms with Crippen LogP contribution in [0.2, 0.25) is 0 Å². The smallest absolute Gasteiger partial charge is 0.240 e. The van der Waals surface area contributed by atoms with Gasteiger partial charge in [-0.15, -0.1) is 0 Å². The van der Waals surface area contributed by atoms with Crippen LogP contribution in [0.15, 0.2) is 12.7 Å². The maximum absolute atomic E-state index is 9.47.